The third-order valence-corrected chi connectivity index (χ3v) is 5.02. The van der Waals surface area contributed by atoms with Crippen LogP contribution in [0.3, 0.4) is 0 Å². The number of rotatable bonds is 2. The van der Waals surface area contributed by atoms with Crippen molar-refractivity contribution in [2.45, 2.75) is 56.2 Å². The molecule has 0 amide bonds. The predicted octanol–water partition coefficient (Wildman–Crippen LogP) is 1.35. The van der Waals surface area contributed by atoms with Gasteiger partial charge in [-0.3, -0.25) is 9.69 Å². The smallest absolute Gasteiger partial charge is 0.323 e. The van der Waals surface area contributed by atoms with E-state index in [1.165, 1.54) is 13.5 Å². The van der Waals surface area contributed by atoms with E-state index in [2.05, 4.69) is 4.90 Å². The van der Waals surface area contributed by atoms with Crippen molar-refractivity contribution in [3.8, 4) is 0 Å². The lowest BCUT2D eigenvalue weighted by molar-refractivity contribution is -0.155. The van der Waals surface area contributed by atoms with Gasteiger partial charge in [0, 0.05) is 25.7 Å². The van der Waals surface area contributed by atoms with Crippen LogP contribution in [0.15, 0.2) is 0 Å². The topological polar surface area (TPSA) is 48.0 Å². The van der Waals surface area contributed by atoms with E-state index in [9.17, 15) is 4.79 Å². The van der Waals surface area contributed by atoms with Crippen LogP contribution in [0.5, 0.6) is 0 Å². The number of piperidine rings is 1. The zero-order valence-corrected chi connectivity index (χ0v) is 12.3. The largest absolute Gasteiger partial charge is 0.468 e. The van der Waals surface area contributed by atoms with Crippen LogP contribution in [-0.4, -0.2) is 62.0 Å². The standard InChI is InChI=1S/C15H25NO4/c1-18-14(17)13-4-2-3-7-16(13)12-5-8-20-15(10-12)6-9-19-11-15/h12-13H,2-11H2,1H3/t12?,13-,15?/m1/s1. The first-order valence-electron chi connectivity index (χ1n) is 7.79. The summed E-state index contributed by atoms with van der Waals surface area (Å²) < 4.78 is 16.5. The Labute approximate surface area is 120 Å². The molecule has 0 N–H and O–H groups in total. The number of carbonyl (C=O) groups is 1. The lowest BCUT2D eigenvalue weighted by Gasteiger charge is -2.45. The van der Waals surface area contributed by atoms with Gasteiger partial charge < -0.3 is 14.2 Å². The van der Waals surface area contributed by atoms with Gasteiger partial charge in [0.25, 0.3) is 0 Å². The second-order valence-electron chi connectivity index (χ2n) is 6.25. The van der Waals surface area contributed by atoms with Crippen molar-refractivity contribution in [1.29, 1.82) is 0 Å². The van der Waals surface area contributed by atoms with Gasteiger partial charge in [0.05, 0.1) is 19.3 Å². The Hall–Kier alpha value is -0.650. The number of nitrogens with zero attached hydrogens (tertiary/aromatic N) is 1. The van der Waals surface area contributed by atoms with Gasteiger partial charge in [-0.1, -0.05) is 6.42 Å². The minimum absolute atomic E-state index is 0.0591. The summed E-state index contributed by atoms with van der Waals surface area (Å²) in [5, 5.41) is 0. The number of likely N-dealkylation sites (tertiary alicyclic amines) is 1. The van der Waals surface area contributed by atoms with Crippen LogP contribution in [0.25, 0.3) is 0 Å². The van der Waals surface area contributed by atoms with Gasteiger partial charge >= 0.3 is 5.97 Å². The highest BCUT2D eigenvalue weighted by Crippen LogP contribution is 2.36. The minimum Gasteiger partial charge on any atom is -0.468 e. The first-order chi connectivity index (χ1) is 9.74. The maximum Gasteiger partial charge on any atom is 0.323 e. The van der Waals surface area contributed by atoms with Crippen LogP contribution >= 0.6 is 0 Å². The Balaban J connectivity index is 1.70. The van der Waals surface area contributed by atoms with E-state index in [0.29, 0.717) is 12.6 Å². The first-order valence-corrected chi connectivity index (χ1v) is 7.79. The van der Waals surface area contributed by atoms with Crippen LogP contribution in [0.2, 0.25) is 0 Å². The first kappa shape index (κ1) is 14.3. The van der Waals surface area contributed by atoms with Crippen LogP contribution in [0.4, 0.5) is 0 Å². The highest BCUT2D eigenvalue weighted by molar-refractivity contribution is 5.75. The normalized spacial score (nSPS) is 39.0. The van der Waals surface area contributed by atoms with Crippen molar-refractivity contribution in [3.05, 3.63) is 0 Å². The Morgan fingerprint density at radius 2 is 2.20 bits per heavy atom. The van der Waals surface area contributed by atoms with E-state index in [4.69, 9.17) is 14.2 Å². The molecule has 0 saturated carbocycles. The fraction of sp³-hybridized carbons (Fsp3) is 0.933. The summed E-state index contributed by atoms with van der Waals surface area (Å²) in [6.07, 6.45) is 6.20. The summed E-state index contributed by atoms with van der Waals surface area (Å²) >= 11 is 0. The summed E-state index contributed by atoms with van der Waals surface area (Å²) in [5.41, 5.74) is -0.0962. The van der Waals surface area contributed by atoms with Crippen LogP contribution in [0, 0.1) is 0 Å². The second kappa shape index (κ2) is 6.00. The summed E-state index contributed by atoms with van der Waals surface area (Å²) in [6.45, 7) is 3.28. The molecule has 0 radical (unpaired) electrons. The third kappa shape index (κ3) is 2.71. The molecule has 20 heavy (non-hydrogen) atoms. The number of carbonyl (C=O) groups excluding carboxylic acids is 1. The molecule has 3 heterocycles. The number of methoxy groups -OCH3 is 1. The van der Waals surface area contributed by atoms with Gasteiger partial charge in [-0.25, -0.2) is 0 Å². The van der Waals surface area contributed by atoms with Crippen molar-refractivity contribution >= 4 is 5.97 Å². The summed E-state index contributed by atoms with van der Waals surface area (Å²) in [7, 11) is 1.49. The van der Waals surface area contributed by atoms with E-state index < -0.39 is 0 Å². The quantitative estimate of drug-likeness (QED) is 0.716. The molecule has 3 fully saturated rings. The van der Waals surface area contributed by atoms with Crippen molar-refractivity contribution in [3.63, 3.8) is 0 Å². The molecule has 0 aromatic carbocycles. The zero-order valence-electron chi connectivity index (χ0n) is 12.3. The molecular formula is C15H25NO4. The highest BCUT2D eigenvalue weighted by Gasteiger charge is 2.45. The maximum atomic E-state index is 12.0. The Morgan fingerprint density at radius 3 is 2.95 bits per heavy atom. The van der Waals surface area contributed by atoms with Gasteiger partial charge in [0.1, 0.15) is 6.04 Å². The summed E-state index contributed by atoms with van der Waals surface area (Å²) in [5.74, 6) is -0.0760. The van der Waals surface area contributed by atoms with E-state index in [1.807, 2.05) is 0 Å². The Bertz CT molecular complexity index is 354. The lowest BCUT2D eigenvalue weighted by atomic mass is 9.86. The molecule has 0 aliphatic carbocycles. The van der Waals surface area contributed by atoms with E-state index in [1.54, 1.807) is 0 Å². The molecule has 5 heteroatoms. The molecule has 2 unspecified atom stereocenters. The molecule has 0 aromatic heterocycles. The highest BCUT2D eigenvalue weighted by atomic mass is 16.6. The van der Waals surface area contributed by atoms with Crippen LogP contribution in [-0.2, 0) is 19.0 Å². The third-order valence-electron chi connectivity index (χ3n) is 5.02. The van der Waals surface area contributed by atoms with Gasteiger partial charge in [-0.15, -0.1) is 0 Å². The van der Waals surface area contributed by atoms with Gasteiger partial charge in [-0.2, -0.15) is 0 Å². The molecule has 5 nitrogen and oxygen atoms in total. The van der Waals surface area contributed by atoms with E-state index in [0.717, 1.165) is 51.9 Å². The van der Waals surface area contributed by atoms with Crippen molar-refractivity contribution in [2.75, 3.05) is 33.5 Å². The van der Waals surface area contributed by atoms with Crippen LogP contribution < -0.4 is 0 Å². The number of esters is 1. The van der Waals surface area contributed by atoms with Gasteiger partial charge in [-0.05, 0) is 32.2 Å². The molecule has 3 rings (SSSR count). The average Bonchev–Trinajstić information content (AvgIpc) is 2.94. The summed E-state index contributed by atoms with van der Waals surface area (Å²) in [6, 6.07) is 0.367. The number of ether oxygens (including phenoxy) is 3. The monoisotopic (exact) mass is 283 g/mol. The van der Waals surface area contributed by atoms with Gasteiger partial charge in [0.2, 0.25) is 0 Å². The minimum atomic E-state index is -0.0962. The van der Waals surface area contributed by atoms with Crippen molar-refractivity contribution in [2.24, 2.45) is 0 Å². The van der Waals surface area contributed by atoms with Gasteiger partial charge in [0.15, 0.2) is 0 Å². The van der Waals surface area contributed by atoms with E-state index in [-0.39, 0.29) is 17.6 Å². The van der Waals surface area contributed by atoms with Crippen LogP contribution in [0.1, 0.15) is 38.5 Å². The predicted molar refractivity (Wildman–Crippen MR) is 73.5 cm³/mol. The van der Waals surface area contributed by atoms with Crippen molar-refractivity contribution < 1.29 is 19.0 Å². The number of hydrogen-bond donors (Lipinski definition) is 0. The zero-order chi connectivity index (χ0) is 14.0. The Kier molecular flexibility index (Phi) is 4.29. The molecule has 3 saturated heterocycles. The fourth-order valence-electron chi connectivity index (χ4n) is 3.93. The Morgan fingerprint density at radius 1 is 1.30 bits per heavy atom. The molecule has 3 atom stereocenters. The van der Waals surface area contributed by atoms with E-state index >= 15 is 0 Å². The molecule has 114 valence electrons. The summed E-state index contributed by atoms with van der Waals surface area (Å²) in [4.78, 5) is 14.4. The SMILES string of the molecule is COC(=O)[C@H]1CCCCN1C1CCOC2(CCOC2)C1. The molecule has 0 bridgehead atoms. The average molecular weight is 283 g/mol. The number of hydrogen-bond acceptors (Lipinski definition) is 5. The maximum absolute atomic E-state index is 12.0. The molecule has 0 aromatic rings. The molecular weight excluding hydrogens is 258 g/mol. The molecule has 3 aliphatic rings. The fourth-order valence-corrected chi connectivity index (χ4v) is 3.93. The second-order valence-corrected chi connectivity index (χ2v) is 6.25. The lowest BCUT2D eigenvalue weighted by Crippen LogP contribution is -2.55. The van der Waals surface area contributed by atoms with Crippen molar-refractivity contribution in [1.82, 2.24) is 4.90 Å². The molecule has 1 spiro atoms. The molecule has 3 aliphatic heterocycles.